The third kappa shape index (κ3) is 7.81. The van der Waals surface area contributed by atoms with Gasteiger partial charge in [-0.05, 0) is 32.2 Å². The van der Waals surface area contributed by atoms with Gasteiger partial charge in [0.2, 0.25) is 0 Å². The molecule has 0 aliphatic carbocycles. The molecule has 104 valence electrons. The van der Waals surface area contributed by atoms with Gasteiger partial charge in [-0.15, -0.1) is 0 Å². The van der Waals surface area contributed by atoms with Crippen molar-refractivity contribution in [3.05, 3.63) is 0 Å². The molecule has 17 heavy (non-hydrogen) atoms. The number of hydrogen-bond donors (Lipinski definition) is 1. The first-order valence-electron chi connectivity index (χ1n) is 7.99. The quantitative estimate of drug-likeness (QED) is 0.457. The molecule has 0 unspecified atom stereocenters. The van der Waals surface area contributed by atoms with Gasteiger partial charge in [-0.1, -0.05) is 66.2 Å². The van der Waals surface area contributed by atoms with Crippen molar-refractivity contribution in [3.63, 3.8) is 0 Å². The van der Waals surface area contributed by atoms with E-state index in [1.165, 1.54) is 70.8 Å². The van der Waals surface area contributed by atoms with E-state index >= 15 is 0 Å². The Morgan fingerprint density at radius 3 is 1.82 bits per heavy atom. The minimum absolute atomic E-state index is 0.431. The molecule has 0 spiro atoms. The van der Waals surface area contributed by atoms with Crippen molar-refractivity contribution in [1.82, 2.24) is 5.32 Å². The Labute approximate surface area is 110 Å². The first-order chi connectivity index (χ1) is 8.24. The van der Waals surface area contributed by atoms with E-state index in [0.29, 0.717) is 5.54 Å². The van der Waals surface area contributed by atoms with E-state index < -0.39 is 0 Å². The fourth-order valence-electron chi connectivity index (χ4n) is 2.58. The highest BCUT2D eigenvalue weighted by Gasteiger charge is 2.23. The van der Waals surface area contributed by atoms with Crippen molar-refractivity contribution in [2.75, 3.05) is 6.54 Å². The lowest BCUT2D eigenvalue weighted by atomic mass is 9.86. The predicted molar refractivity (Wildman–Crippen MR) is 79.6 cm³/mol. The molecule has 1 N–H and O–H groups in total. The summed E-state index contributed by atoms with van der Waals surface area (Å²) in [5, 5.41) is 3.78. The first-order valence-corrected chi connectivity index (χ1v) is 7.99. The van der Waals surface area contributed by atoms with E-state index in [4.69, 9.17) is 0 Å². The highest BCUT2D eigenvalue weighted by atomic mass is 15.0. The first kappa shape index (κ1) is 17.0. The van der Waals surface area contributed by atoms with E-state index in [9.17, 15) is 0 Å². The summed E-state index contributed by atoms with van der Waals surface area (Å²) in [5.74, 6) is 0. The average molecular weight is 241 g/mol. The fourth-order valence-corrected chi connectivity index (χ4v) is 2.58. The molecule has 0 saturated carbocycles. The van der Waals surface area contributed by atoms with Gasteiger partial charge in [0.1, 0.15) is 0 Å². The van der Waals surface area contributed by atoms with Crippen molar-refractivity contribution in [2.24, 2.45) is 0 Å². The van der Waals surface area contributed by atoms with E-state index in [0.717, 1.165) is 0 Å². The lowest BCUT2D eigenvalue weighted by molar-refractivity contribution is 0.271. The molecule has 0 aliphatic rings. The van der Waals surface area contributed by atoms with Crippen LogP contribution < -0.4 is 5.32 Å². The van der Waals surface area contributed by atoms with Crippen LogP contribution in [0.15, 0.2) is 0 Å². The molecule has 1 heteroatoms. The zero-order valence-electron chi connectivity index (χ0n) is 12.8. The van der Waals surface area contributed by atoms with Crippen molar-refractivity contribution in [1.29, 1.82) is 0 Å². The van der Waals surface area contributed by atoms with Gasteiger partial charge in [-0.25, -0.2) is 0 Å². The van der Waals surface area contributed by atoms with Gasteiger partial charge in [-0.2, -0.15) is 0 Å². The van der Waals surface area contributed by atoms with Crippen LogP contribution in [0.3, 0.4) is 0 Å². The van der Waals surface area contributed by atoms with Crippen LogP contribution in [0.4, 0.5) is 0 Å². The molecule has 1 nitrogen and oxygen atoms in total. The van der Waals surface area contributed by atoms with E-state index in [2.05, 4.69) is 33.0 Å². The number of rotatable bonds is 12. The number of hydrogen-bond acceptors (Lipinski definition) is 1. The molecule has 0 fully saturated rings. The molecule has 0 atom stereocenters. The zero-order chi connectivity index (χ0) is 13.0. The normalized spacial score (nSPS) is 12.0. The second-order valence-electron chi connectivity index (χ2n) is 5.43. The molecule has 0 aliphatic heterocycles. The Morgan fingerprint density at radius 1 is 0.706 bits per heavy atom. The maximum atomic E-state index is 3.78. The molecule has 0 heterocycles. The van der Waals surface area contributed by atoms with Crippen LogP contribution >= 0.6 is 0 Å². The van der Waals surface area contributed by atoms with Crippen LogP contribution in [0.5, 0.6) is 0 Å². The molecule has 0 aromatic rings. The van der Waals surface area contributed by atoms with E-state index in [-0.39, 0.29) is 0 Å². The summed E-state index contributed by atoms with van der Waals surface area (Å²) in [7, 11) is 0. The second-order valence-corrected chi connectivity index (χ2v) is 5.43. The highest BCUT2D eigenvalue weighted by Crippen LogP contribution is 2.23. The Hall–Kier alpha value is -0.0400. The monoisotopic (exact) mass is 241 g/mol. The van der Waals surface area contributed by atoms with Crippen LogP contribution in [0.1, 0.15) is 91.9 Å². The topological polar surface area (TPSA) is 12.0 Å². The van der Waals surface area contributed by atoms with Gasteiger partial charge in [0.05, 0.1) is 0 Å². The van der Waals surface area contributed by atoms with E-state index in [1.807, 2.05) is 0 Å². The largest absolute Gasteiger partial charge is 0.311 e. The van der Waals surface area contributed by atoms with Crippen LogP contribution in [0.2, 0.25) is 0 Å². The number of unbranched alkanes of at least 4 members (excludes halogenated alkanes) is 5. The molecule has 0 saturated heterocycles. The van der Waals surface area contributed by atoms with Gasteiger partial charge in [-0.3, -0.25) is 0 Å². The lowest BCUT2D eigenvalue weighted by Gasteiger charge is -2.33. The number of nitrogens with one attached hydrogen (secondary N) is 1. The summed E-state index contributed by atoms with van der Waals surface area (Å²) < 4.78 is 0. The van der Waals surface area contributed by atoms with Crippen LogP contribution in [-0.2, 0) is 0 Å². The minimum atomic E-state index is 0.431. The zero-order valence-corrected chi connectivity index (χ0v) is 12.8. The fraction of sp³-hybridized carbons (Fsp3) is 1.00. The predicted octanol–water partition coefficient (Wildman–Crippen LogP) is 5.30. The second kappa shape index (κ2) is 11.1. The Morgan fingerprint density at radius 2 is 1.29 bits per heavy atom. The maximum absolute atomic E-state index is 3.78. The molecule has 0 radical (unpaired) electrons. The Balaban J connectivity index is 3.75. The molecule has 0 aromatic carbocycles. The standard InChI is InChI=1S/C16H35N/c1-5-9-10-11-12-13-14-16(7-3,8-4)17-15-6-2/h17H,5-15H2,1-4H3. The summed E-state index contributed by atoms with van der Waals surface area (Å²) >= 11 is 0. The van der Waals surface area contributed by atoms with Crippen molar-refractivity contribution >= 4 is 0 Å². The van der Waals surface area contributed by atoms with Crippen molar-refractivity contribution < 1.29 is 0 Å². The van der Waals surface area contributed by atoms with Gasteiger partial charge in [0.25, 0.3) is 0 Å². The smallest absolute Gasteiger partial charge is 0.0176 e. The van der Waals surface area contributed by atoms with Gasteiger partial charge in [0, 0.05) is 5.54 Å². The molecule has 0 rings (SSSR count). The third-order valence-corrected chi connectivity index (χ3v) is 4.11. The van der Waals surface area contributed by atoms with Gasteiger partial charge < -0.3 is 5.32 Å². The Bertz CT molecular complexity index is 150. The van der Waals surface area contributed by atoms with Gasteiger partial charge >= 0.3 is 0 Å². The molecular weight excluding hydrogens is 206 g/mol. The van der Waals surface area contributed by atoms with E-state index in [1.54, 1.807) is 0 Å². The summed E-state index contributed by atoms with van der Waals surface area (Å²) in [4.78, 5) is 0. The molecule has 0 amide bonds. The summed E-state index contributed by atoms with van der Waals surface area (Å²) in [6.07, 6.45) is 13.6. The minimum Gasteiger partial charge on any atom is -0.311 e. The van der Waals surface area contributed by atoms with Gasteiger partial charge in [0.15, 0.2) is 0 Å². The van der Waals surface area contributed by atoms with Crippen molar-refractivity contribution in [2.45, 2.75) is 97.4 Å². The van der Waals surface area contributed by atoms with Crippen LogP contribution in [-0.4, -0.2) is 12.1 Å². The third-order valence-electron chi connectivity index (χ3n) is 4.11. The van der Waals surface area contributed by atoms with Crippen LogP contribution in [0.25, 0.3) is 0 Å². The molecular formula is C16H35N. The lowest BCUT2D eigenvalue weighted by Crippen LogP contribution is -2.44. The average Bonchev–Trinajstić information content (AvgIpc) is 2.38. The van der Waals surface area contributed by atoms with Crippen LogP contribution in [0, 0.1) is 0 Å². The summed E-state index contributed by atoms with van der Waals surface area (Å²) in [6, 6.07) is 0. The SMILES string of the molecule is CCCCCCCCC(CC)(CC)NCCC. The Kier molecular flexibility index (Phi) is 11.0. The highest BCUT2D eigenvalue weighted by molar-refractivity contribution is 4.84. The molecule has 0 bridgehead atoms. The summed E-state index contributed by atoms with van der Waals surface area (Å²) in [5.41, 5.74) is 0.431. The summed E-state index contributed by atoms with van der Waals surface area (Å²) in [6.45, 7) is 10.4. The molecule has 0 aromatic heterocycles. The maximum Gasteiger partial charge on any atom is 0.0176 e. The van der Waals surface area contributed by atoms with Crippen molar-refractivity contribution in [3.8, 4) is 0 Å².